The third kappa shape index (κ3) is 2.53. The van der Waals surface area contributed by atoms with Crippen molar-refractivity contribution in [3.63, 3.8) is 0 Å². The smallest absolute Gasteiger partial charge is 0.264 e. The number of hydrogen-bond donors (Lipinski definition) is 1. The van der Waals surface area contributed by atoms with Gasteiger partial charge in [-0.15, -0.1) is 0 Å². The number of piperazine rings is 1. The summed E-state index contributed by atoms with van der Waals surface area (Å²) < 4.78 is 5.93. The van der Waals surface area contributed by atoms with Crippen molar-refractivity contribution >= 4 is 5.91 Å². The molecule has 1 N–H and O–H groups in total. The second-order valence-electron chi connectivity index (χ2n) is 6.37. The number of nitrogens with one attached hydrogen (secondary N) is 1. The minimum atomic E-state index is -0.353. The van der Waals surface area contributed by atoms with Gasteiger partial charge in [0, 0.05) is 31.6 Å². The van der Waals surface area contributed by atoms with E-state index in [4.69, 9.17) is 4.74 Å². The summed E-state index contributed by atoms with van der Waals surface area (Å²) in [6, 6.07) is 4.75. The molecule has 1 aromatic rings. The van der Waals surface area contributed by atoms with E-state index < -0.39 is 0 Å². The molecule has 0 spiro atoms. The highest BCUT2D eigenvalue weighted by molar-refractivity contribution is 5.83. The van der Waals surface area contributed by atoms with Gasteiger partial charge in [-0.05, 0) is 50.5 Å². The van der Waals surface area contributed by atoms with Crippen LogP contribution in [-0.2, 0) is 11.2 Å². The summed E-state index contributed by atoms with van der Waals surface area (Å²) in [5.74, 6) is 1.01. The first-order valence-corrected chi connectivity index (χ1v) is 7.78. The summed E-state index contributed by atoms with van der Waals surface area (Å²) in [5.41, 5.74) is 3.63. The topological polar surface area (TPSA) is 41.6 Å². The van der Waals surface area contributed by atoms with Crippen LogP contribution in [-0.4, -0.2) is 42.1 Å². The third-order valence-corrected chi connectivity index (χ3v) is 4.94. The molecule has 1 aromatic carbocycles. The molecule has 3 unspecified atom stereocenters. The Labute approximate surface area is 126 Å². The normalized spacial score (nSPS) is 28.2. The van der Waals surface area contributed by atoms with Gasteiger partial charge < -0.3 is 15.0 Å². The predicted molar refractivity (Wildman–Crippen MR) is 82.7 cm³/mol. The number of aryl methyl sites for hydroxylation is 2. The number of carbonyl (C=O) groups excluding carboxylic acids is 1. The minimum Gasteiger partial charge on any atom is -0.480 e. The van der Waals surface area contributed by atoms with E-state index in [0.717, 1.165) is 24.4 Å². The van der Waals surface area contributed by atoms with Crippen molar-refractivity contribution in [1.82, 2.24) is 10.2 Å². The van der Waals surface area contributed by atoms with Gasteiger partial charge in [0.1, 0.15) is 5.75 Å². The first kappa shape index (κ1) is 14.4. The van der Waals surface area contributed by atoms with E-state index in [0.29, 0.717) is 12.5 Å². The standard InChI is InChI=1S/C17H24N2O2/c1-10-7-14-9-16(21-15(14)8-11(10)2)17(20)19-6-5-18-12(3)13(19)4/h7-8,12-13,16,18H,5-6,9H2,1-4H3. The fourth-order valence-electron chi connectivity index (χ4n) is 3.20. The van der Waals surface area contributed by atoms with Gasteiger partial charge in [0.25, 0.3) is 5.91 Å². The van der Waals surface area contributed by atoms with E-state index in [1.165, 1.54) is 11.1 Å². The van der Waals surface area contributed by atoms with E-state index in [1.54, 1.807) is 0 Å². The Hall–Kier alpha value is -1.55. The maximum Gasteiger partial charge on any atom is 0.264 e. The lowest BCUT2D eigenvalue weighted by atomic mass is 10.0. The van der Waals surface area contributed by atoms with Gasteiger partial charge >= 0.3 is 0 Å². The molecule has 1 saturated heterocycles. The molecule has 4 heteroatoms. The molecule has 2 heterocycles. The van der Waals surface area contributed by atoms with Crippen LogP contribution >= 0.6 is 0 Å². The molecule has 1 amide bonds. The zero-order valence-electron chi connectivity index (χ0n) is 13.3. The van der Waals surface area contributed by atoms with Crippen molar-refractivity contribution in [1.29, 1.82) is 0 Å². The lowest BCUT2D eigenvalue weighted by Gasteiger charge is -2.39. The lowest BCUT2D eigenvalue weighted by molar-refractivity contribution is -0.141. The van der Waals surface area contributed by atoms with Crippen LogP contribution in [0.4, 0.5) is 0 Å². The fraction of sp³-hybridized carbons (Fsp3) is 0.588. The van der Waals surface area contributed by atoms with Crippen molar-refractivity contribution in [3.05, 3.63) is 28.8 Å². The highest BCUT2D eigenvalue weighted by Gasteiger charge is 2.36. The molecule has 0 aromatic heterocycles. The molecule has 1 fully saturated rings. The first-order valence-electron chi connectivity index (χ1n) is 7.78. The second-order valence-corrected chi connectivity index (χ2v) is 6.37. The molecule has 2 aliphatic heterocycles. The third-order valence-electron chi connectivity index (χ3n) is 4.94. The van der Waals surface area contributed by atoms with Crippen molar-refractivity contribution in [2.45, 2.75) is 52.3 Å². The van der Waals surface area contributed by atoms with Crippen LogP contribution in [0.15, 0.2) is 12.1 Å². The molecule has 3 atom stereocenters. The highest BCUT2D eigenvalue weighted by atomic mass is 16.5. The molecule has 0 radical (unpaired) electrons. The predicted octanol–water partition coefficient (Wildman–Crippen LogP) is 1.82. The van der Waals surface area contributed by atoms with Crippen LogP contribution in [0.3, 0.4) is 0 Å². The van der Waals surface area contributed by atoms with Gasteiger partial charge in [0.15, 0.2) is 6.10 Å². The monoisotopic (exact) mass is 288 g/mol. The Bertz CT molecular complexity index is 539. The van der Waals surface area contributed by atoms with Crippen LogP contribution in [0.25, 0.3) is 0 Å². The molecule has 0 bridgehead atoms. The van der Waals surface area contributed by atoms with Gasteiger partial charge in [-0.3, -0.25) is 4.79 Å². The average molecular weight is 288 g/mol. The second kappa shape index (κ2) is 5.34. The van der Waals surface area contributed by atoms with Gasteiger partial charge in [0.2, 0.25) is 0 Å². The summed E-state index contributed by atoms with van der Waals surface area (Å²) >= 11 is 0. The zero-order chi connectivity index (χ0) is 15.1. The number of benzene rings is 1. The van der Waals surface area contributed by atoms with Crippen molar-refractivity contribution in [2.75, 3.05) is 13.1 Å². The van der Waals surface area contributed by atoms with Crippen LogP contribution in [0, 0.1) is 13.8 Å². The van der Waals surface area contributed by atoms with E-state index in [1.807, 2.05) is 4.90 Å². The van der Waals surface area contributed by atoms with E-state index >= 15 is 0 Å². The number of nitrogens with zero attached hydrogens (tertiary/aromatic N) is 1. The molecular formula is C17H24N2O2. The number of ether oxygens (including phenoxy) is 1. The van der Waals surface area contributed by atoms with Crippen LogP contribution in [0.1, 0.15) is 30.5 Å². The molecule has 0 aliphatic carbocycles. The zero-order valence-corrected chi connectivity index (χ0v) is 13.3. The van der Waals surface area contributed by atoms with Crippen molar-refractivity contribution < 1.29 is 9.53 Å². The Morgan fingerprint density at radius 3 is 2.76 bits per heavy atom. The molecule has 2 aliphatic rings. The summed E-state index contributed by atoms with van der Waals surface area (Å²) in [5, 5.41) is 3.40. The van der Waals surface area contributed by atoms with E-state index in [-0.39, 0.29) is 18.1 Å². The number of carbonyl (C=O) groups is 1. The van der Waals surface area contributed by atoms with Crippen LogP contribution in [0.2, 0.25) is 0 Å². The quantitative estimate of drug-likeness (QED) is 0.857. The van der Waals surface area contributed by atoms with Crippen LogP contribution in [0.5, 0.6) is 5.75 Å². The SMILES string of the molecule is Cc1cc2c(cc1C)OC(C(=O)N1CCNC(C)C1C)C2. The van der Waals surface area contributed by atoms with Crippen molar-refractivity contribution in [3.8, 4) is 5.75 Å². The summed E-state index contributed by atoms with van der Waals surface area (Å²) in [7, 11) is 0. The summed E-state index contributed by atoms with van der Waals surface area (Å²) in [4.78, 5) is 14.7. The lowest BCUT2D eigenvalue weighted by Crippen LogP contribution is -2.59. The van der Waals surface area contributed by atoms with Gasteiger partial charge in [-0.2, -0.15) is 0 Å². The van der Waals surface area contributed by atoms with Gasteiger partial charge in [-0.25, -0.2) is 0 Å². The molecule has 114 valence electrons. The number of rotatable bonds is 1. The van der Waals surface area contributed by atoms with Crippen LogP contribution < -0.4 is 10.1 Å². The molecule has 4 nitrogen and oxygen atoms in total. The average Bonchev–Trinajstić information content (AvgIpc) is 2.84. The maximum absolute atomic E-state index is 12.8. The Kier molecular flexibility index (Phi) is 3.66. The molecule has 0 saturated carbocycles. The molecular weight excluding hydrogens is 264 g/mol. The van der Waals surface area contributed by atoms with Crippen molar-refractivity contribution in [2.24, 2.45) is 0 Å². The van der Waals surface area contributed by atoms with E-state index in [9.17, 15) is 4.79 Å². The van der Waals surface area contributed by atoms with E-state index in [2.05, 4.69) is 45.1 Å². The van der Waals surface area contributed by atoms with Gasteiger partial charge in [-0.1, -0.05) is 6.07 Å². The first-order chi connectivity index (χ1) is 9.97. The number of amides is 1. The highest BCUT2D eigenvalue weighted by Crippen LogP contribution is 2.32. The summed E-state index contributed by atoms with van der Waals surface area (Å²) in [6.45, 7) is 10.0. The van der Waals surface area contributed by atoms with Gasteiger partial charge in [0.05, 0.1) is 0 Å². The maximum atomic E-state index is 12.8. The Balaban J connectivity index is 1.76. The minimum absolute atomic E-state index is 0.127. The number of hydrogen-bond acceptors (Lipinski definition) is 3. The Morgan fingerprint density at radius 2 is 2.00 bits per heavy atom. The fourth-order valence-corrected chi connectivity index (χ4v) is 3.20. The molecule has 21 heavy (non-hydrogen) atoms. The summed E-state index contributed by atoms with van der Waals surface area (Å²) in [6.07, 6.45) is 0.342. The largest absolute Gasteiger partial charge is 0.480 e. The number of fused-ring (bicyclic) bond motifs is 1. The Morgan fingerprint density at radius 1 is 1.29 bits per heavy atom. The molecule has 3 rings (SSSR count).